The number of para-hydroxylation sites is 1. The van der Waals surface area contributed by atoms with Crippen molar-refractivity contribution in [2.45, 2.75) is 41.9 Å². The van der Waals surface area contributed by atoms with E-state index in [-0.39, 0.29) is 41.5 Å². The summed E-state index contributed by atoms with van der Waals surface area (Å²) in [7, 11) is -6.73. The van der Waals surface area contributed by atoms with Crippen LogP contribution in [0.25, 0.3) is 0 Å². The number of nitrogens with one attached hydrogen (secondary N) is 3. The highest BCUT2D eigenvalue weighted by Crippen LogP contribution is 2.35. The third-order valence-corrected chi connectivity index (χ3v) is 10.4. The summed E-state index contributed by atoms with van der Waals surface area (Å²) >= 11 is 6.41. The molecule has 4 rings (SSSR count). The SMILES string of the molecule is COC(=O)c1ccccc1OCCCCNC(=O)C(Cc1ccc(C2CC(=O)NS2(=O)=O)c(Cl)c1)NS(=O)(=O)c1ccccc1. The van der Waals surface area contributed by atoms with Crippen molar-refractivity contribution in [2.24, 2.45) is 0 Å². The summed E-state index contributed by atoms with van der Waals surface area (Å²) in [5.41, 5.74) is 0.984. The van der Waals surface area contributed by atoms with E-state index in [1.54, 1.807) is 48.5 Å². The number of benzene rings is 3. The molecule has 1 heterocycles. The van der Waals surface area contributed by atoms with Crippen LogP contribution in [0.2, 0.25) is 5.02 Å². The molecule has 1 aliphatic rings. The Bertz CT molecular complexity index is 1770. The van der Waals surface area contributed by atoms with Crippen molar-refractivity contribution < 1.29 is 40.7 Å². The fourth-order valence-corrected chi connectivity index (χ4v) is 7.75. The number of unbranched alkanes of at least 4 members (excludes halogenated alkanes) is 1. The fourth-order valence-electron chi connectivity index (χ4n) is 4.68. The van der Waals surface area contributed by atoms with Gasteiger partial charge in [-0.2, -0.15) is 4.72 Å². The second kappa shape index (κ2) is 14.9. The van der Waals surface area contributed by atoms with E-state index in [1.807, 2.05) is 4.72 Å². The van der Waals surface area contributed by atoms with Gasteiger partial charge in [-0.05, 0) is 60.7 Å². The van der Waals surface area contributed by atoms with Crippen LogP contribution in [0.15, 0.2) is 77.7 Å². The van der Waals surface area contributed by atoms with E-state index in [0.717, 1.165) is 0 Å². The molecule has 0 aliphatic carbocycles. The molecular weight excluding hydrogens is 646 g/mol. The molecule has 2 unspecified atom stereocenters. The smallest absolute Gasteiger partial charge is 0.341 e. The highest BCUT2D eigenvalue weighted by molar-refractivity contribution is 7.90. The van der Waals surface area contributed by atoms with Crippen LogP contribution >= 0.6 is 11.6 Å². The number of halogens is 1. The summed E-state index contributed by atoms with van der Waals surface area (Å²) in [4.78, 5) is 36.8. The molecule has 3 aromatic carbocycles. The first kappa shape index (κ1) is 33.9. The van der Waals surface area contributed by atoms with Crippen LogP contribution in [0.5, 0.6) is 5.75 Å². The zero-order chi connectivity index (χ0) is 32.6. The predicted molar refractivity (Wildman–Crippen MR) is 166 cm³/mol. The lowest BCUT2D eigenvalue weighted by Crippen LogP contribution is -2.48. The monoisotopic (exact) mass is 677 g/mol. The molecule has 12 nitrogen and oxygen atoms in total. The minimum atomic E-state index is -4.09. The van der Waals surface area contributed by atoms with E-state index in [1.165, 1.54) is 31.4 Å². The molecule has 3 N–H and O–H groups in total. The molecule has 1 fully saturated rings. The van der Waals surface area contributed by atoms with Gasteiger partial charge in [-0.1, -0.05) is 54.1 Å². The van der Waals surface area contributed by atoms with Gasteiger partial charge < -0.3 is 14.8 Å². The van der Waals surface area contributed by atoms with Gasteiger partial charge in [-0.15, -0.1) is 0 Å². The number of carbonyl (C=O) groups is 3. The minimum absolute atomic E-state index is 0.0239. The molecule has 0 aromatic heterocycles. The van der Waals surface area contributed by atoms with E-state index < -0.39 is 49.1 Å². The average Bonchev–Trinajstić information content (AvgIpc) is 3.29. The Balaban J connectivity index is 1.41. The molecule has 1 saturated heterocycles. The van der Waals surface area contributed by atoms with Crippen LogP contribution in [0, 0.1) is 0 Å². The largest absolute Gasteiger partial charge is 0.493 e. The number of hydrogen-bond donors (Lipinski definition) is 3. The number of methoxy groups -OCH3 is 1. The van der Waals surface area contributed by atoms with Gasteiger partial charge in [0.15, 0.2) is 0 Å². The molecule has 15 heteroatoms. The van der Waals surface area contributed by atoms with E-state index in [9.17, 15) is 31.2 Å². The van der Waals surface area contributed by atoms with Gasteiger partial charge in [0.1, 0.15) is 22.6 Å². The van der Waals surface area contributed by atoms with Crippen molar-refractivity contribution >= 4 is 49.4 Å². The summed E-state index contributed by atoms with van der Waals surface area (Å²) in [6.45, 7) is 0.474. The first-order valence-corrected chi connectivity index (χ1v) is 17.3. The van der Waals surface area contributed by atoms with E-state index in [2.05, 4.69) is 10.0 Å². The topological polar surface area (TPSA) is 174 Å². The summed E-state index contributed by atoms with van der Waals surface area (Å²) in [5, 5.41) is 1.66. The Kier molecular flexibility index (Phi) is 11.2. The highest BCUT2D eigenvalue weighted by Gasteiger charge is 2.39. The van der Waals surface area contributed by atoms with Crippen molar-refractivity contribution in [2.75, 3.05) is 20.3 Å². The number of sulfonamides is 2. The lowest BCUT2D eigenvalue weighted by atomic mass is 10.0. The number of rotatable bonds is 14. The highest BCUT2D eigenvalue weighted by atomic mass is 35.5. The number of hydrogen-bond acceptors (Lipinski definition) is 9. The second-order valence-electron chi connectivity index (χ2n) is 10.1. The number of carbonyl (C=O) groups excluding carboxylic acids is 3. The Morgan fingerprint density at radius 3 is 2.42 bits per heavy atom. The second-order valence-corrected chi connectivity index (χ2v) is 14.1. The predicted octanol–water partition coefficient (Wildman–Crippen LogP) is 2.88. The summed E-state index contributed by atoms with van der Waals surface area (Å²) in [6.07, 6.45) is 0.647. The zero-order valence-electron chi connectivity index (χ0n) is 24.2. The first-order valence-electron chi connectivity index (χ1n) is 13.9. The van der Waals surface area contributed by atoms with Gasteiger partial charge in [0, 0.05) is 11.6 Å². The molecule has 240 valence electrons. The molecule has 0 bridgehead atoms. The summed E-state index contributed by atoms with van der Waals surface area (Å²) < 4.78 is 65.7. The maximum Gasteiger partial charge on any atom is 0.341 e. The van der Waals surface area contributed by atoms with Gasteiger partial charge in [0.25, 0.3) is 0 Å². The average molecular weight is 678 g/mol. The molecule has 3 aromatic rings. The van der Waals surface area contributed by atoms with Crippen molar-refractivity contribution in [3.8, 4) is 5.75 Å². The summed E-state index contributed by atoms with van der Waals surface area (Å²) in [6, 6.07) is 17.5. The molecule has 2 amide bonds. The Hall–Kier alpha value is -3.98. The van der Waals surface area contributed by atoms with Crippen LogP contribution < -0.4 is 19.5 Å². The van der Waals surface area contributed by atoms with Crippen molar-refractivity contribution in [3.63, 3.8) is 0 Å². The van der Waals surface area contributed by atoms with Crippen molar-refractivity contribution in [1.29, 1.82) is 0 Å². The van der Waals surface area contributed by atoms with Crippen molar-refractivity contribution in [1.82, 2.24) is 14.8 Å². The quantitative estimate of drug-likeness (QED) is 0.171. The lowest BCUT2D eigenvalue weighted by molar-refractivity contribution is -0.122. The first-order chi connectivity index (χ1) is 21.4. The number of esters is 1. The van der Waals surface area contributed by atoms with Crippen LogP contribution in [-0.2, 0) is 40.8 Å². The molecule has 0 saturated carbocycles. The Morgan fingerprint density at radius 1 is 1.04 bits per heavy atom. The number of amides is 2. The fraction of sp³-hybridized carbons (Fsp3) is 0.300. The van der Waals surface area contributed by atoms with E-state index in [4.69, 9.17) is 21.1 Å². The van der Waals surface area contributed by atoms with Crippen LogP contribution in [0.4, 0.5) is 0 Å². The van der Waals surface area contributed by atoms with Gasteiger partial charge in [-0.3, -0.25) is 14.3 Å². The molecule has 1 aliphatic heterocycles. The standard InChI is InChI=1S/C30H32ClN3O9S2/c1-42-30(37)23-11-5-6-12-26(23)43-16-8-7-15-32-29(36)25(33-44(38,39)21-9-3-2-4-10-21)18-20-13-14-22(24(31)17-20)27-19-28(35)34-45(27,40)41/h2-6,9-14,17,25,27,33H,7-8,15-16,18-19H2,1H3,(H,32,36)(H,34,35). The van der Waals surface area contributed by atoms with Crippen molar-refractivity contribution in [3.05, 3.63) is 94.5 Å². The van der Waals surface area contributed by atoms with Crippen LogP contribution in [-0.4, -0.2) is 60.9 Å². The molecule has 0 radical (unpaired) electrons. The normalized spacial score (nSPS) is 16.4. The van der Waals surface area contributed by atoms with Gasteiger partial charge >= 0.3 is 5.97 Å². The number of ether oxygens (including phenoxy) is 2. The third-order valence-electron chi connectivity index (χ3n) is 6.94. The van der Waals surface area contributed by atoms with E-state index in [0.29, 0.717) is 29.7 Å². The van der Waals surface area contributed by atoms with Gasteiger partial charge in [-0.25, -0.2) is 21.6 Å². The molecule has 45 heavy (non-hydrogen) atoms. The molecule has 2 atom stereocenters. The van der Waals surface area contributed by atoms with Gasteiger partial charge in [0.05, 0.1) is 25.0 Å². The third kappa shape index (κ3) is 8.81. The zero-order valence-corrected chi connectivity index (χ0v) is 26.6. The van der Waals surface area contributed by atoms with Crippen LogP contribution in [0.1, 0.15) is 46.0 Å². The molecular formula is C30H32ClN3O9S2. The lowest BCUT2D eigenvalue weighted by Gasteiger charge is -2.20. The molecule has 0 spiro atoms. The maximum atomic E-state index is 13.3. The maximum absolute atomic E-state index is 13.3. The minimum Gasteiger partial charge on any atom is -0.493 e. The Labute approximate surface area is 266 Å². The van der Waals surface area contributed by atoms with Crippen LogP contribution in [0.3, 0.4) is 0 Å². The summed E-state index contributed by atoms with van der Waals surface area (Å²) in [5.74, 6) is -1.36. The van der Waals surface area contributed by atoms with E-state index >= 15 is 0 Å². The Morgan fingerprint density at radius 2 is 1.76 bits per heavy atom. The van der Waals surface area contributed by atoms with Gasteiger partial charge in [0.2, 0.25) is 31.9 Å².